The topological polar surface area (TPSA) is 67.8 Å². The molecule has 0 saturated carbocycles. The van der Waals surface area contributed by atoms with E-state index in [4.69, 9.17) is 9.47 Å². The summed E-state index contributed by atoms with van der Waals surface area (Å²) in [6.07, 6.45) is 2.80. The predicted molar refractivity (Wildman–Crippen MR) is 116 cm³/mol. The second-order valence-corrected chi connectivity index (χ2v) is 5.59. The van der Waals surface area contributed by atoms with E-state index < -0.39 is 0 Å². The molecule has 1 aromatic carbocycles. The van der Waals surface area contributed by atoms with Crippen LogP contribution in [0.25, 0.3) is 0 Å². The monoisotopic (exact) mass is 470 g/mol. The van der Waals surface area contributed by atoms with E-state index in [1.165, 1.54) is 5.56 Å². The summed E-state index contributed by atoms with van der Waals surface area (Å²) in [5.74, 6) is 2.31. The average molecular weight is 470 g/mol. The molecular weight excluding hydrogens is 443 g/mol. The van der Waals surface area contributed by atoms with Gasteiger partial charge in [-0.15, -0.1) is 24.0 Å². The van der Waals surface area contributed by atoms with E-state index in [2.05, 4.69) is 26.7 Å². The standard InChI is InChI=1S/C19H26N4O2.HI/c1-14-5-6-15(12-22-14)9-10-21-19(20-2)23-13-16-7-8-17(24-3)11-18(16)25-4;/h5-8,11-12H,9-10,13H2,1-4H3,(H2,20,21,23);1H. The fourth-order valence-corrected chi connectivity index (χ4v) is 2.37. The van der Waals surface area contributed by atoms with Crippen molar-refractivity contribution in [1.29, 1.82) is 0 Å². The number of hydrogen-bond acceptors (Lipinski definition) is 4. The van der Waals surface area contributed by atoms with Gasteiger partial charge in [0.05, 0.1) is 14.2 Å². The van der Waals surface area contributed by atoms with Crippen LogP contribution in [0.1, 0.15) is 16.8 Å². The Balaban J connectivity index is 0.00000338. The molecule has 142 valence electrons. The third-order valence-corrected chi connectivity index (χ3v) is 3.84. The summed E-state index contributed by atoms with van der Waals surface area (Å²) in [6, 6.07) is 9.90. The van der Waals surface area contributed by atoms with Gasteiger partial charge in [-0.3, -0.25) is 9.98 Å². The minimum absolute atomic E-state index is 0. The molecule has 6 nitrogen and oxygen atoms in total. The molecule has 0 atom stereocenters. The SMILES string of the molecule is CN=C(NCCc1ccc(C)nc1)NCc1ccc(OC)cc1OC.I. The molecular formula is C19H27IN4O2. The van der Waals surface area contributed by atoms with Crippen LogP contribution >= 0.6 is 24.0 Å². The highest BCUT2D eigenvalue weighted by atomic mass is 127. The zero-order valence-electron chi connectivity index (χ0n) is 15.7. The van der Waals surface area contributed by atoms with Gasteiger partial charge in [0.25, 0.3) is 0 Å². The zero-order valence-corrected chi connectivity index (χ0v) is 18.0. The maximum atomic E-state index is 5.42. The van der Waals surface area contributed by atoms with E-state index in [1.54, 1.807) is 21.3 Å². The largest absolute Gasteiger partial charge is 0.497 e. The van der Waals surface area contributed by atoms with Gasteiger partial charge in [0.1, 0.15) is 11.5 Å². The number of benzene rings is 1. The molecule has 0 amide bonds. The predicted octanol–water partition coefficient (Wildman–Crippen LogP) is 2.93. The van der Waals surface area contributed by atoms with Crippen LogP contribution in [0, 0.1) is 6.92 Å². The Bertz CT molecular complexity index is 705. The van der Waals surface area contributed by atoms with Crippen molar-refractivity contribution in [2.45, 2.75) is 19.9 Å². The van der Waals surface area contributed by atoms with E-state index in [-0.39, 0.29) is 24.0 Å². The number of aryl methyl sites for hydroxylation is 1. The van der Waals surface area contributed by atoms with Crippen molar-refractivity contribution in [3.63, 3.8) is 0 Å². The Kier molecular flexibility index (Phi) is 9.79. The van der Waals surface area contributed by atoms with Gasteiger partial charge in [0.15, 0.2) is 5.96 Å². The number of nitrogens with zero attached hydrogens (tertiary/aromatic N) is 2. The third kappa shape index (κ3) is 6.70. The van der Waals surface area contributed by atoms with Crippen LogP contribution in [0.15, 0.2) is 41.5 Å². The van der Waals surface area contributed by atoms with Crippen molar-refractivity contribution in [2.75, 3.05) is 27.8 Å². The fraction of sp³-hybridized carbons (Fsp3) is 0.368. The van der Waals surface area contributed by atoms with E-state index >= 15 is 0 Å². The summed E-state index contributed by atoms with van der Waals surface area (Å²) in [4.78, 5) is 8.56. The van der Waals surface area contributed by atoms with Crippen LogP contribution in [0.5, 0.6) is 11.5 Å². The highest BCUT2D eigenvalue weighted by molar-refractivity contribution is 14.0. The summed E-state index contributed by atoms with van der Waals surface area (Å²) in [5, 5.41) is 6.60. The number of nitrogens with one attached hydrogen (secondary N) is 2. The molecule has 0 aliphatic carbocycles. The number of guanidine groups is 1. The number of pyridine rings is 1. The first-order valence-electron chi connectivity index (χ1n) is 8.23. The molecule has 0 spiro atoms. The summed E-state index contributed by atoms with van der Waals surface area (Å²) in [7, 11) is 5.05. The lowest BCUT2D eigenvalue weighted by Crippen LogP contribution is -2.37. The van der Waals surface area contributed by atoms with Crippen molar-refractivity contribution in [3.8, 4) is 11.5 Å². The minimum Gasteiger partial charge on any atom is -0.497 e. The van der Waals surface area contributed by atoms with Gasteiger partial charge >= 0.3 is 0 Å². The molecule has 0 fully saturated rings. The summed E-state index contributed by atoms with van der Waals surface area (Å²) in [6.45, 7) is 3.38. The smallest absolute Gasteiger partial charge is 0.191 e. The lowest BCUT2D eigenvalue weighted by molar-refractivity contribution is 0.390. The molecule has 26 heavy (non-hydrogen) atoms. The first kappa shape index (κ1) is 22.0. The lowest BCUT2D eigenvalue weighted by atomic mass is 10.2. The Morgan fingerprint density at radius 2 is 1.92 bits per heavy atom. The Labute approximate surface area is 172 Å². The third-order valence-electron chi connectivity index (χ3n) is 3.84. The highest BCUT2D eigenvalue weighted by Crippen LogP contribution is 2.24. The number of methoxy groups -OCH3 is 2. The molecule has 1 aromatic heterocycles. The number of aliphatic imine (C=N–C) groups is 1. The van der Waals surface area contributed by atoms with Gasteiger partial charge in [0, 0.05) is 43.7 Å². The fourth-order valence-electron chi connectivity index (χ4n) is 2.37. The van der Waals surface area contributed by atoms with Crippen LogP contribution in [0.2, 0.25) is 0 Å². The zero-order chi connectivity index (χ0) is 18.1. The molecule has 0 radical (unpaired) electrons. The van der Waals surface area contributed by atoms with Gasteiger partial charge in [-0.05, 0) is 37.1 Å². The van der Waals surface area contributed by atoms with E-state index in [9.17, 15) is 0 Å². The lowest BCUT2D eigenvalue weighted by Gasteiger charge is -2.14. The highest BCUT2D eigenvalue weighted by Gasteiger charge is 2.06. The van der Waals surface area contributed by atoms with Crippen molar-refractivity contribution in [1.82, 2.24) is 15.6 Å². The molecule has 0 aliphatic heterocycles. The molecule has 2 rings (SSSR count). The van der Waals surface area contributed by atoms with E-state index in [1.807, 2.05) is 37.4 Å². The van der Waals surface area contributed by atoms with Crippen LogP contribution < -0.4 is 20.1 Å². The number of hydrogen-bond donors (Lipinski definition) is 2. The first-order valence-corrected chi connectivity index (χ1v) is 8.23. The maximum absolute atomic E-state index is 5.42. The summed E-state index contributed by atoms with van der Waals surface area (Å²) < 4.78 is 10.6. The number of aromatic nitrogens is 1. The molecule has 7 heteroatoms. The molecule has 2 N–H and O–H groups in total. The maximum Gasteiger partial charge on any atom is 0.191 e. The van der Waals surface area contributed by atoms with Crippen LogP contribution in [-0.4, -0.2) is 38.8 Å². The first-order chi connectivity index (χ1) is 12.2. The Hall–Kier alpha value is -2.03. The number of rotatable bonds is 7. The summed E-state index contributed by atoms with van der Waals surface area (Å²) in [5.41, 5.74) is 3.27. The average Bonchev–Trinajstić information content (AvgIpc) is 2.65. The van der Waals surface area contributed by atoms with Crippen molar-refractivity contribution >= 4 is 29.9 Å². The van der Waals surface area contributed by atoms with Crippen molar-refractivity contribution in [2.24, 2.45) is 4.99 Å². The number of halogens is 1. The molecule has 0 unspecified atom stereocenters. The van der Waals surface area contributed by atoms with Gasteiger partial charge < -0.3 is 20.1 Å². The Morgan fingerprint density at radius 1 is 1.12 bits per heavy atom. The molecule has 0 bridgehead atoms. The van der Waals surface area contributed by atoms with Gasteiger partial charge in [-0.2, -0.15) is 0 Å². The van der Waals surface area contributed by atoms with E-state index in [0.29, 0.717) is 6.54 Å². The molecule has 1 heterocycles. The molecule has 0 saturated heterocycles. The van der Waals surface area contributed by atoms with Gasteiger partial charge in [-0.25, -0.2) is 0 Å². The normalized spacial score (nSPS) is 10.7. The van der Waals surface area contributed by atoms with Crippen LogP contribution in [0.3, 0.4) is 0 Å². The quantitative estimate of drug-likeness (QED) is 0.370. The molecule has 0 aliphatic rings. The van der Waals surface area contributed by atoms with Crippen LogP contribution in [0.4, 0.5) is 0 Å². The van der Waals surface area contributed by atoms with E-state index in [0.717, 1.165) is 41.7 Å². The molecule has 2 aromatic rings. The van der Waals surface area contributed by atoms with Gasteiger partial charge in [-0.1, -0.05) is 6.07 Å². The van der Waals surface area contributed by atoms with Crippen molar-refractivity contribution in [3.05, 3.63) is 53.3 Å². The second-order valence-electron chi connectivity index (χ2n) is 5.59. The van der Waals surface area contributed by atoms with Gasteiger partial charge in [0.2, 0.25) is 0 Å². The van der Waals surface area contributed by atoms with Crippen LogP contribution in [-0.2, 0) is 13.0 Å². The van der Waals surface area contributed by atoms with Crippen molar-refractivity contribution < 1.29 is 9.47 Å². The minimum atomic E-state index is 0. The second kappa shape index (κ2) is 11.6. The number of ether oxygens (including phenoxy) is 2. The Morgan fingerprint density at radius 3 is 2.54 bits per heavy atom. The summed E-state index contributed by atoms with van der Waals surface area (Å²) >= 11 is 0.